The van der Waals surface area contributed by atoms with Gasteiger partial charge in [0.15, 0.2) is 0 Å². The number of hydrogen-bond donors (Lipinski definition) is 0. The van der Waals surface area contributed by atoms with E-state index in [1.54, 1.807) is 0 Å². The molecule has 0 spiro atoms. The topological polar surface area (TPSA) is 37.4 Å². The molecule has 1 aliphatic heterocycles. The van der Waals surface area contributed by atoms with E-state index in [4.69, 9.17) is 0 Å². The Hall–Kier alpha value is -1.09. The van der Waals surface area contributed by atoms with Gasteiger partial charge in [0.05, 0.1) is 11.3 Å². The lowest BCUT2D eigenvalue weighted by atomic mass is 10.1. The van der Waals surface area contributed by atoms with Gasteiger partial charge in [0.2, 0.25) is 0 Å². The summed E-state index contributed by atoms with van der Waals surface area (Å²) in [4.78, 5) is 24.3. The number of benzene rings is 1. The van der Waals surface area contributed by atoms with Crippen LogP contribution in [0.4, 0.5) is 23.2 Å². The number of thioether (sulfide) groups is 1. The number of Topliss-reactive ketones (excluding diaryl/α,β-unsaturated/α-hetero) is 1. The first-order chi connectivity index (χ1) is 9.20. The fourth-order valence-corrected chi connectivity index (χ4v) is 2.97. The van der Waals surface area contributed by atoms with E-state index in [9.17, 15) is 27.2 Å². The fraction of sp³-hybridized carbons (Fsp3) is 0.273. The van der Waals surface area contributed by atoms with Gasteiger partial charge in [0.1, 0.15) is 5.82 Å². The maximum Gasteiger partial charge on any atom is 0.441 e. The van der Waals surface area contributed by atoms with Crippen LogP contribution in [-0.2, 0) is 4.79 Å². The van der Waals surface area contributed by atoms with Gasteiger partial charge in [0.25, 0.3) is 11.7 Å². The summed E-state index contributed by atoms with van der Waals surface area (Å²) < 4.78 is 49.5. The summed E-state index contributed by atoms with van der Waals surface area (Å²) in [5.74, 6) is -2.99. The SMILES string of the molecule is O=C1C(=O)N(CCSC(F)(F)F)c2c(Br)cc(F)cc21. The first-order valence-electron chi connectivity index (χ1n) is 5.26. The van der Waals surface area contributed by atoms with Crippen molar-refractivity contribution in [2.24, 2.45) is 0 Å². The van der Waals surface area contributed by atoms with E-state index in [2.05, 4.69) is 15.9 Å². The Labute approximate surface area is 123 Å². The lowest BCUT2D eigenvalue weighted by Gasteiger charge is -2.17. The lowest BCUT2D eigenvalue weighted by Crippen LogP contribution is -2.32. The molecule has 1 aromatic carbocycles. The molecule has 1 aromatic rings. The third-order valence-corrected chi connectivity index (χ3v) is 3.88. The third kappa shape index (κ3) is 2.98. The van der Waals surface area contributed by atoms with E-state index in [-0.39, 0.29) is 34.0 Å². The zero-order valence-corrected chi connectivity index (χ0v) is 12.0. The number of anilines is 1. The van der Waals surface area contributed by atoms with Gasteiger partial charge in [-0.05, 0) is 39.8 Å². The van der Waals surface area contributed by atoms with Crippen LogP contribution in [0.1, 0.15) is 10.4 Å². The van der Waals surface area contributed by atoms with Crippen molar-refractivity contribution in [3.63, 3.8) is 0 Å². The Balaban J connectivity index is 2.25. The minimum Gasteiger partial charge on any atom is -0.303 e. The number of halogens is 5. The maximum atomic E-state index is 13.2. The van der Waals surface area contributed by atoms with Crippen LogP contribution in [0.3, 0.4) is 0 Å². The quantitative estimate of drug-likeness (QED) is 0.603. The van der Waals surface area contributed by atoms with Crippen molar-refractivity contribution in [2.75, 3.05) is 17.2 Å². The third-order valence-electron chi connectivity index (χ3n) is 2.56. The molecule has 2 rings (SSSR count). The monoisotopic (exact) mass is 371 g/mol. The minimum absolute atomic E-state index is 0.115. The predicted octanol–water partition coefficient (Wildman–Crippen LogP) is 3.37. The van der Waals surface area contributed by atoms with E-state index in [0.717, 1.165) is 17.0 Å². The van der Waals surface area contributed by atoms with Gasteiger partial charge in [0, 0.05) is 16.8 Å². The normalized spacial score (nSPS) is 14.9. The molecule has 0 saturated carbocycles. The summed E-state index contributed by atoms with van der Waals surface area (Å²) in [6, 6.07) is 1.95. The van der Waals surface area contributed by atoms with E-state index < -0.39 is 28.8 Å². The maximum absolute atomic E-state index is 13.2. The van der Waals surface area contributed by atoms with Crippen molar-refractivity contribution in [3.05, 3.63) is 28.0 Å². The van der Waals surface area contributed by atoms with E-state index in [1.165, 1.54) is 0 Å². The number of ketones is 1. The number of amides is 1. The molecule has 1 aliphatic rings. The van der Waals surface area contributed by atoms with Gasteiger partial charge in [-0.2, -0.15) is 13.2 Å². The Morgan fingerprint density at radius 1 is 1.25 bits per heavy atom. The standard InChI is InChI=1S/C11H6BrF4NO2S/c12-7-4-5(13)3-6-8(7)17(10(19)9(6)18)1-2-20-11(14,15)16/h3-4H,1-2H2. The second-order valence-electron chi connectivity index (χ2n) is 3.86. The van der Waals surface area contributed by atoms with Gasteiger partial charge >= 0.3 is 5.51 Å². The number of fused-ring (bicyclic) bond motifs is 1. The van der Waals surface area contributed by atoms with Gasteiger partial charge in [-0.15, -0.1) is 0 Å². The highest BCUT2D eigenvalue weighted by Gasteiger charge is 2.38. The molecule has 0 bridgehead atoms. The average molecular weight is 372 g/mol. The number of carbonyl (C=O) groups excluding carboxylic acids is 2. The zero-order chi connectivity index (χ0) is 15.1. The molecule has 0 atom stereocenters. The second-order valence-corrected chi connectivity index (χ2v) is 5.88. The highest BCUT2D eigenvalue weighted by atomic mass is 79.9. The van der Waals surface area contributed by atoms with Gasteiger partial charge in [-0.25, -0.2) is 4.39 Å². The molecule has 0 unspecified atom stereocenters. The van der Waals surface area contributed by atoms with Crippen LogP contribution in [0.25, 0.3) is 0 Å². The molecular formula is C11H6BrF4NO2S. The number of hydrogen-bond acceptors (Lipinski definition) is 3. The van der Waals surface area contributed by atoms with Crippen LogP contribution >= 0.6 is 27.7 Å². The molecule has 9 heteroatoms. The minimum atomic E-state index is -4.41. The van der Waals surface area contributed by atoms with Crippen molar-refractivity contribution in [2.45, 2.75) is 5.51 Å². The number of rotatable bonds is 3. The van der Waals surface area contributed by atoms with Crippen LogP contribution in [0.5, 0.6) is 0 Å². The number of carbonyl (C=O) groups is 2. The Morgan fingerprint density at radius 3 is 2.50 bits per heavy atom. The highest BCUT2D eigenvalue weighted by molar-refractivity contribution is 9.10. The summed E-state index contributed by atoms with van der Waals surface area (Å²) in [7, 11) is 0. The first kappa shape index (κ1) is 15.3. The molecule has 108 valence electrons. The van der Waals surface area contributed by atoms with Gasteiger partial charge in [-0.1, -0.05) is 0 Å². The fourth-order valence-electron chi connectivity index (χ4n) is 1.82. The van der Waals surface area contributed by atoms with Crippen LogP contribution in [0, 0.1) is 5.82 Å². The molecule has 0 aromatic heterocycles. The van der Waals surface area contributed by atoms with Crippen molar-refractivity contribution < 1.29 is 27.2 Å². The number of nitrogens with zero attached hydrogens (tertiary/aromatic N) is 1. The molecule has 0 aliphatic carbocycles. The zero-order valence-electron chi connectivity index (χ0n) is 9.63. The molecule has 1 heterocycles. The van der Waals surface area contributed by atoms with Crippen molar-refractivity contribution in [3.8, 4) is 0 Å². The smallest absolute Gasteiger partial charge is 0.303 e. The van der Waals surface area contributed by atoms with Gasteiger partial charge < -0.3 is 4.90 Å². The van der Waals surface area contributed by atoms with E-state index >= 15 is 0 Å². The lowest BCUT2D eigenvalue weighted by molar-refractivity contribution is -0.114. The molecule has 3 nitrogen and oxygen atoms in total. The molecule has 0 N–H and O–H groups in total. The Kier molecular flexibility index (Phi) is 4.10. The summed E-state index contributed by atoms with van der Waals surface area (Å²) >= 11 is 2.72. The Morgan fingerprint density at radius 2 is 1.90 bits per heavy atom. The van der Waals surface area contributed by atoms with Crippen LogP contribution in [-0.4, -0.2) is 29.5 Å². The second kappa shape index (κ2) is 5.36. The molecule has 1 amide bonds. The molecule has 0 radical (unpaired) electrons. The van der Waals surface area contributed by atoms with Crippen LogP contribution in [0.2, 0.25) is 0 Å². The van der Waals surface area contributed by atoms with Gasteiger partial charge in [-0.3, -0.25) is 9.59 Å². The predicted molar refractivity (Wildman–Crippen MR) is 69.3 cm³/mol. The van der Waals surface area contributed by atoms with Crippen LogP contribution < -0.4 is 4.90 Å². The van der Waals surface area contributed by atoms with E-state index in [0.29, 0.717) is 0 Å². The molecular weight excluding hydrogens is 366 g/mol. The largest absolute Gasteiger partial charge is 0.441 e. The summed E-state index contributed by atoms with van der Waals surface area (Å²) in [6.45, 7) is -0.286. The summed E-state index contributed by atoms with van der Waals surface area (Å²) in [5.41, 5.74) is -4.43. The van der Waals surface area contributed by atoms with Crippen molar-refractivity contribution in [1.29, 1.82) is 0 Å². The van der Waals surface area contributed by atoms with Crippen molar-refractivity contribution >= 4 is 45.1 Å². The van der Waals surface area contributed by atoms with Crippen molar-refractivity contribution in [1.82, 2.24) is 0 Å². The number of alkyl halides is 3. The summed E-state index contributed by atoms with van der Waals surface area (Å²) in [6.07, 6.45) is 0. The molecule has 0 fully saturated rings. The Bertz CT molecular complexity index is 591. The average Bonchev–Trinajstić information content (AvgIpc) is 2.53. The first-order valence-corrected chi connectivity index (χ1v) is 7.04. The van der Waals surface area contributed by atoms with E-state index in [1.807, 2.05) is 0 Å². The molecule has 0 saturated heterocycles. The summed E-state index contributed by atoms with van der Waals surface area (Å²) in [5, 5.41) is 0. The highest BCUT2D eigenvalue weighted by Crippen LogP contribution is 2.38. The molecule has 20 heavy (non-hydrogen) atoms. The van der Waals surface area contributed by atoms with Crippen LogP contribution in [0.15, 0.2) is 16.6 Å².